The Morgan fingerprint density at radius 2 is 1.22 bits per heavy atom. The van der Waals surface area contributed by atoms with E-state index in [4.69, 9.17) is 0 Å². The fraction of sp³-hybridized carbons (Fsp3) is 0.600. The van der Waals surface area contributed by atoms with Crippen LogP contribution in [0.1, 0.15) is 74.1 Å². The van der Waals surface area contributed by atoms with Crippen LogP contribution in [0.3, 0.4) is 0 Å². The summed E-state index contributed by atoms with van der Waals surface area (Å²) in [5, 5.41) is 0. The molecular weight excluding hydrogens is 286 g/mol. The van der Waals surface area contributed by atoms with Crippen molar-refractivity contribution in [1.29, 1.82) is 0 Å². The maximum absolute atomic E-state index is 12.5. The minimum Gasteiger partial charge on any atom is -0.274 e. The number of hydrogen-bond donors (Lipinski definition) is 0. The normalized spacial score (nSPS) is 14.5. The largest absolute Gasteiger partial charge is 0.274 e. The molecular formula is C20H29NO2. The molecule has 0 aromatic heterocycles. The summed E-state index contributed by atoms with van der Waals surface area (Å²) in [6.07, 6.45) is 4.45. The molecule has 0 N–H and O–H groups in total. The maximum Gasteiger partial charge on any atom is 0.261 e. The first-order valence-electron chi connectivity index (χ1n) is 8.85. The van der Waals surface area contributed by atoms with Crippen LogP contribution in [-0.4, -0.2) is 23.3 Å². The van der Waals surface area contributed by atoms with Crippen LogP contribution in [0.5, 0.6) is 0 Å². The Bertz CT molecular complexity index is 516. The summed E-state index contributed by atoms with van der Waals surface area (Å²) in [7, 11) is 0. The van der Waals surface area contributed by atoms with Crippen LogP contribution in [0.4, 0.5) is 0 Å². The van der Waals surface area contributed by atoms with Crippen molar-refractivity contribution >= 4 is 11.8 Å². The summed E-state index contributed by atoms with van der Waals surface area (Å²) >= 11 is 0. The van der Waals surface area contributed by atoms with Crippen molar-refractivity contribution in [2.45, 2.75) is 53.4 Å². The maximum atomic E-state index is 12.5. The van der Waals surface area contributed by atoms with Crippen LogP contribution in [0.25, 0.3) is 0 Å². The van der Waals surface area contributed by atoms with Crippen LogP contribution in [-0.2, 0) is 0 Å². The Morgan fingerprint density at radius 1 is 0.783 bits per heavy atom. The van der Waals surface area contributed by atoms with Gasteiger partial charge in [-0.15, -0.1) is 0 Å². The monoisotopic (exact) mass is 315 g/mol. The van der Waals surface area contributed by atoms with Gasteiger partial charge in [-0.1, -0.05) is 52.7 Å². The molecule has 0 radical (unpaired) electrons. The Labute approximate surface area is 140 Å². The third kappa shape index (κ3) is 4.43. The van der Waals surface area contributed by atoms with E-state index in [0.29, 0.717) is 35.4 Å². The number of amides is 2. The van der Waals surface area contributed by atoms with Gasteiger partial charge in [-0.05, 0) is 42.7 Å². The van der Waals surface area contributed by atoms with Crippen LogP contribution in [0.2, 0.25) is 0 Å². The molecule has 0 unspecified atom stereocenters. The van der Waals surface area contributed by atoms with E-state index >= 15 is 0 Å². The number of benzene rings is 1. The molecule has 126 valence electrons. The predicted octanol–water partition coefficient (Wildman–Crippen LogP) is 4.77. The molecule has 0 spiro atoms. The van der Waals surface area contributed by atoms with Crippen LogP contribution in [0, 0.1) is 17.8 Å². The smallest absolute Gasteiger partial charge is 0.261 e. The van der Waals surface area contributed by atoms with E-state index in [0.717, 1.165) is 25.7 Å². The van der Waals surface area contributed by atoms with Crippen LogP contribution < -0.4 is 0 Å². The summed E-state index contributed by atoms with van der Waals surface area (Å²) in [4.78, 5) is 26.5. The molecule has 2 amide bonds. The highest BCUT2D eigenvalue weighted by molar-refractivity contribution is 6.21. The Morgan fingerprint density at radius 3 is 1.61 bits per heavy atom. The number of carbonyl (C=O) groups is 2. The second-order valence-electron chi connectivity index (χ2n) is 7.57. The Balaban J connectivity index is 2.07. The molecule has 0 saturated carbocycles. The number of rotatable bonds is 8. The van der Waals surface area contributed by atoms with Crippen molar-refractivity contribution in [3.8, 4) is 0 Å². The summed E-state index contributed by atoms with van der Waals surface area (Å²) in [6, 6.07) is 7.16. The van der Waals surface area contributed by atoms with Gasteiger partial charge in [-0.2, -0.15) is 0 Å². The Hall–Kier alpha value is -1.64. The van der Waals surface area contributed by atoms with Gasteiger partial charge < -0.3 is 0 Å². The van der Waals surface area contributed by atoms with Crippen molar-refractivity contribution in [2.75, 3.05) is 6.54 Å². The topological polar surface area (TPSA) is 37.4 Å². The van der Waals surface area contributed by atoms with Gasteiger partial charge in [0, 0.05) is 6.54 Å². The van der Waals surface area contributed by atoms with E-state index in [-0.39, 0.29) is 11.8 Å². The third-order valence-corrected chi connectivity index (χ3v) is 4.62. The van der Waals surface area contributed by atoms with Gasteiger partial charge in [0.15, 0.2) is 0 Å². The second-order valence-corrected chi connectivity index (χ2v) is 7.57. The van der Waals surface area contributed by atoms with E-state index in [2.05, 4.69) is 27.7 Å². The average molecular weight is 315 g/mol. The standard InChI is InChI=1S/C20H29NO2/c1-14(2)9-11-16(12-10-15(3)4)13-21-19(22)17-7-5-6-8-18(17)20(21)23/h5-8,14-16H,9-13H2,1-4H3. The fourth-order valence-electron chi connectivity index (χ4n) is 3.13. The minimum absolute atomic E-state index is 0.121. The van der Waals surface area contributed by atoms with Crippen LogP contribution in [0.15, 0.2) is 24.3 Å². The summed E-state index contributed by atoms with van der Waals surface area (Å²) in [6.45, 7) is 9.46. The molecule has 23 heavy (non-hydrogen) atoms. The van der Waals surface area contributed by atoms with Crippen molar-refractivity contribution < 1.29 is 9.59 Å². The number of imide groups is 1. The van der Waals surface area contributed by atoms with Crippen molar-refractivity contribution in [1.82, 2.24) is 4.90 Å². The first-order chi connectivity index (χ1) is 10.9. The lowest BCUT2D eigenvalue weighted by Crippen LogP contribution is -2.34. The summed E-state index contributed by atoms with van der Waals surface area (Å²) < 4.78 is 0. The highest BCUT2D eigenvalue weighted by Gasteiger charge is 2.36. The summed E-state index contributed by atoms with van der Waals surface area (Å²) in [5.41, 5.74) is 1.12. The Kier molecular flexibility index (Phi) is 5.97. The second kappa shape index (κ2) is 7.76. The molecule has 3 nitrogen and oxygen atoms in total. The molecule has 0 atom stereocenters. The molecule has 1 aromatic carbocycles. The van der Waals surface area contributed by atoms with E-state index in [1.54, 1.807) is 12.1 Å². The molecule has 0 saturated heterocycles. The van der Waals surface area contributed by atoms with Crippen molar-refractivity contribution in [2.24, 2.45) is 17.8 Å². The first-order valence-corrected chi connectivity index (χ1v) is 8.85. The van der Waals surface area contributed by atoms with Gasteiger partial charge in [0.25, 0.3) is 11.8 Å². The number of carbonyl (C=O) groups excluding carboxylic acids is 2. The van der Waals surface area contributed by atoms with Crippen LogP contribution >= 0.6 is 0 Å². The third-order valence-electron chi connectivity index (χ3n) is 4.62. The predicted molar refractivity (Wildman–Crippen MR) is 93.4 cm³/mol. The highest BCUT2D eigenvalue weighted by Crippen LogP contribution is 2.27. The number of fused-ring (bicyclic) bond motifs is 1. The van der Waals surface area contributed by atoms with Gasteiger partial charge in [0.2, 0.25) is 0 Å². The molecule has 1 heterocycles. The highest BCUT2D eigenvalue weighted by atomic mass is 16.2. The van der Waals surface area contributed by atoms with Gasteiger partial charge in [-0.25, -0.2) is 0 Å². The number of hydrogen-bond acceptors (Lipinski definition) is 2. The lowest BCUT2D eigenvalue weighted by molar-refractivity contribution is 0.0620. The fourth-order valence-corrected chi connectivity index (χ4v) is 3.13. The lowest BCUT2D eigenvalue weighted by Gasteiger charge is -2.24. The average Bonchev–Trinajstić information content (AvgIpc) is 2.75. The van der Waals surface area contributed by atoms with E-state index in [1.807, 2.05) is 12.1 Å². The molecule has 0 fully saturated rings. The number of nitrogens with zero attached hydrogens (tertiary/aromatic N) is 1. The van der Waals surface area contributed by atoms with E-state index in [1.165, 1.54) is 4.90 Å². The SMILES string of the molecule is CC(C)CCC(CCC(C)C)CN1C(=O)c2ccccc2C1=O. The van der Waals surface area contributed by atoms with Gasteiger partial charge in [0.1, 0.15) is 0 Å². The van der Waals surface area contributed by atoms with Gasteiger partial charge in [-0.3, -0.25) is 14.5 Å². The molecule has 1 aromatic rings. The van der Waals surface area contributed by atoms with Crippen molar-refractivity contribution in [3.63, 3.8) is 0 Å². The zero-order chi connectivity index (χ0) is 17.0. The lowest BCUT2D eigenvalue weighted by atomic mass is 9.91. The molecule has 1 aliphatic heterocycles. The quantitative estimate of drug-likeness (QED) is 0.648. The summed E-state index contributed by atoms with van der Waals surface area (Å²) in [5.74, 6) is 1.47. The zero-order valence-corrected chi connectivity index (χ0v) is 14.8. The van der Waals surface area contributed by atoms with Gasteiger partial charge >= 0.3 is 0 Å². The molecule has 1 aliphatic rings. The van der Waals surface area contributed by atoms with Gasteiger partial charge in [0.05, 0.1) is 11.1 Å². The molecule has 0 bridgehead atoms. The first kappa shape index (κ1) is 17.7. The van der Waals surface area contributed by atoms with E-state index < -0.39 is 0 Å². The zero-order valence-electron chi connectivity index (χ0n) is 14.8. The van der Waals surface area contributed by atoms with Crippen molar-refractivity contribution in [3.05, 3.63) is 35.4 Å². The molecule has 3 heteroatoms. The van der Waals surface area contributed by atoms with E-state index in [9.17, 15) is 9.59 Å². The molecule has 2 rings (SSSR count). The molecule has 0 aliphatic carbocycles. The minimum atomic E-state index is -0.121.